The van der Waals surface area contributed by atoms with Gasteiger partial charge in [-0.05, 0) is 25.1 Å². The van der Waals surface area contributed by atoms with Crippen molar-refractivity contribution < 1.29 is 19.4 Å². The molecule has 0 radical (unpaired) electrons. The maximum Gasteiger partial charge on any atom is 0.320 e. The van der Waals surface area contributed by atoms with Gasteiger partial charge in [-0.2, -0.15) is 0 Å². The van der Waals surface area contributed by atoms with Gasteiger partial charge in [0.25, 0.3) is 0 Å². The fraction of sp³-hybridized carbons (Fsp3) is 0.316. The second-order valence-electron chi connectivity index (χ2n) is 5.87. The minimum atomic E-state index is -0.918. The number of hydrogen-bond donors (Lipinski definition) is 2. The molecule has 138 valence electrons. The summed E-state index contributed by atoms with van der Waals surface area (Å²) >= 11 is 0. The first-order valence-electron chi connectivity index (χ1n) is 8.34. The Balaban J connectivity index is 2.16. The molecule has 0 bridgehead atoms. The number of carbonyl (C=O) groups excluding carboxylic acids is 1. The van der Waals surface area contributed by atoms with Crippen molar-refractivity contribution in [2.45, 2.75) is 26.4 Å². The molecule has 0 saturated carbocycles. The largest absolute Gasteiger partial charge is 0.480 e. The zero-order valence-electron chi connectivity index (χ0n) is 14.9. The number of ether oxygens (including phenoxy) is 1. The quantitative estimate of drug-likeness (QED) is 0.715. The molecule has 0 fully saturated rings. The van der Waals surface area contributed by atoms with Crippen molar-refractivity contribution in [3.63, 3.8) is 0 Å². The predicted molar refractivity (Wildman–Crippen MR) is 96.9 cm³/mol. The molecule has 0 aliphatic carbocycles. The van der Waals surface area contributed by atoms with Gasteiger partial charge in [0, 0.05) is 38.3 Å². The molecule has 1 aromatic heterocycles. The summed E-state index contributed by atoms with van der Waals surface area (Å²) in [7, 11) is 0. The number of pyridine rings is 1. The molecule has 2 N–H and O–H groups in total. The molecule has 0 aliphatic heterocycles. The highest BCUT2D eigenvalue weighted by Crippen LogP contribution is 2.26. The topological polar surface area (TPSA) is 91.8 Å². The summed E-state index contributed by atoms with van der Waals surface area (Å²) in [6, 6.07) is 10.4. The summed E-state index contributed by atoms with van der Waals surface area (Å²) < 4.78 is 5.89. The Morgan fingerprint density at radius 1 is 1.27 bits per heavy atom. The smallest absolute Gasteiger partial charge is 0.320 e. The van der Waals surface area contributed by atoms with Gasteiger partial charge in [0.15, 0.2) is 0 Å². The number of aromatic nitrogens is 1. The van der Waals surface area contributed by atoms with Crippen molar-refractivity contribution in [2.75, 3.05) is 13.1 Å². The number of carbonyl (C=O) groups is 2. The van der Waals surface area contributed by atoms with Gasteiger partial charge >= 0.3 is 5.97 Å². The van der Waals surface area contributed by atoms with Gasteiger partial charge in [-0.15, -0.1) is 0 Å². The van der Waals surface area contributed by atoms with E-state index in [1.165, 1.54) is 6.92 Å². The predicted octanol–water partition coefficient (Wildman–Crippen LogP) is 2.29. The monoisotopic (exact) mass is 357 g/mol. The fourth-order valence-corrected chi connectivity index (χ4v) is 2.43. The normalized spacial score (nSPS) is 11.8. The Hall–Kier alpha value is -2.93. The highest BCUT2D eigenvalue weighted by molar-refractivity contribution is 5.73. The van der Waals surface area contributed by atoms with Gasteiger partial charge in [0.1, 0.15) is 17.5 Å². The van der Waals surface area contributed by atoms with Crippen molar-refractivity contribution in [1.29, 1.82) is 0 Å². The van der Waals surface area contributed by atoms with E-state index in [0.717, 1.165) is 5.56 Å². The zero-order valence-corrected chi connectivity index (χ0v) is 14.9. The first-order chi connectivity index (χ1) is 12.5. The second-order valence-corrected chi connectivity index (χ2v) is 5.87. The van der Waals surface area contributed by atoms with E-state index in [1.54, 1.807) is 36.4 Å². The Labute approximate surface area is 152 Å². The Kier molecular flexibility index (Phi) is 7.11. The summed E-state index contributed by atoms with van der Waals surface area (Å²) in [6.45, 7) is 4.22. The van der Waals surface area contributed by atoms with E-state index in [4.69, 9.17) is 4.74 Å². The van der Waals surface area contributed by atoms with Crippen molar-refractivity contribution in [3.8, 4) is 11.5 Å². The standard InChI is InChI=1S/C19H23N3O4/c1-14(19(24)25)22(11-10-21-15(2)23)13-16-6-3-4-8-18(16)26-17-7-5-9-20-12-17/h3-9,12,14H,10-11,13H2,1-2H3,(H,21,23)(H,24,25). The Bertz CT molecular complexity index is 737. The number of carboxylic acids is 1. The molecule has 7 heteroatoms. The first-order valence-corrected chi connectivity index (χ1v) is 8.34. The number of nitrogens with one attached hydrogen (secondary N) is 1. The lowest BCUT2D eigenvalue weighted by Gasteiger charge is -2.27. The molecule has 26 heavy (non-hydrogen) atoms. The third kappa shape index (κ3) is 5.86. The maximum atomic E-state index is 11.4. The van der Waals surface area contributed by atoms with E-state index in [0.29, 0.717) is 31.1 Å². The lowest BCUT2D eigenvalue weighted by Crippen LogP contribution is -2.42. The van der Waals surface area contributed by atoms with E-state index < -0.39 is 12.0 Å². The summed E-state index contributed by atoms with van der Waals surface area (Å²) in [4.78, 5) is 28.3. The van der Waals surface area contributed by atoms with E-state index in [-0.39, 0.29) is 5.91 Å². The van der Waals surface area contributed by atoms with Crippen molar-refractivity contribution in [2.24, 2.45) is 0 Å². The zero-order chi connectivity index (χ0) is 18.9. The van der Waals surface area contributed by atoms with Crippen LogP contribution in [-0.4, -0.2) is 46.0 Å². The van der Waals surface area contributed by atoms with Gasteiger partial charge in [-0.3, -0.25) is 19.5 Å². The van der Waals surface area contributed by atoms with E-state index in [2.05, 4.69) is 10.3 Å². The van der Waals surface area contributed by atoms with Gasteiger partial charge < -0.3 is 15.2 Å². The molecule has 0 spiro atoms. The molecule has 1 amide bonds. The number of nitrogens with zero attached hydrogens (tertiary/aromatic N) is 2. The third-order valence-corrected chi connectivity index (χ3v) is 3.89. The lowest BCUT2D eigenvalue weighted by molar-refractivity contribution is -0.142. The van der Waals surface area contributed by atoms with Crippen molar-refractivity contribution in [1.82, 2.24) is 15.2 Å². The summed E-state index contributed by atoms with van der Waals surface area (Å²) in [5.74, 6) is 0.186. The van der Waals surface area contributed by atoms with Crippen molar-refractivity contribution in [3.05, 3.63) is 54.4 Å². The summed E-state index contributed by atoms with van der Waals surface area (Å²) in [6.07, 6.45) is 3.28. The number of benzene rings is 1. The van der Waals surface area contributed by atoms with E-state index in [9.17, 15) is 14.7 Å². The van der Waals surface area contributed by atoms with Crippen LogP contribution in [0.2, 0.25) is 0 Å². The molecule has 0 saturated heterocycles. The molecule has 1 atom stereocenters. The van der Waals surface area contributed by atoms with Crippen LogP contribution in [0.1, 0.15) is 19.4 Å². The van der Waals surface area contributed by atoms with Crippen LogP contribution < -0.4 is 10.1 Å². The van der Waals surface area contributed by atoms with Crippen LogP contribution in [0.5, 0.6) is 11.5 Å². The van der Waals surface area contributed by atoms with Crippen LogP contribution in [0.15, 0.2) is 48.8 Å². The lowest BCUT2D eigenvalue weighted by atomic mass is 10.1. The SMILES string of the molecule is CC(=O)NCCN(Cc1ccccc1Oc1cccnc1)C(C)C(=O)O. The van der Waals surface area contributed by atoms with Crippen LogP contribution in [0.25, 0.3) is 0 Å². The molecule has 1 unspecified atom stereocenters. The molecule has 1 aromatic carbocycles. The highest BCUT2D eigenvalue weighted by Gasteiger charge is 2.22. The minimum Gasteiger partial charge on any atom is -0.480 e. The van der Waals surface area contributed by atoms with Crippen LogP contribution in [-0.2, 0) is 16.1 Å². The second kappa shape index (κ2) is 9.53. The Morgan fingerprint density at radius 3 is 2.69 bits per heavy atom. The minimum absolute atomic E-state index is 0.145. The van der Waals surface area contributed by atoms with Crippen molar-refractivity contribution >= 4 is 11.9 Å². The van der Waals surface area contributed by atoms with Crippen LogP contribution in [0.4, 0.5) is 0 Å². The molecule has 1 heterocycles. The highest BCUT2D eigenvalue weighted by atomic mass is 16.5. The van der Waals surface area contributed by atoms with Gasteiger partial charge in [-0.1, -0.05) is 18.2 Å². The average molecular weight is 357 g/mol. The van der Waals surface area contributed by atoms with Gasteiger partial charge in [0.2, 0.25) is 5.91 Å². The van der Waals surface area contributed by atoms with Gasteiger partial charge in [-0.25, -0.2) is 0 Å². The molecule has 0 aliphatic rings. The third-order valence-electron chi connectivity index (χ3n) is 3.89. The van der Waals surface area contributed by atoms with Crippen LogP contribution in [0.3, 0.4) is 0 Å². The maximum absolute atomic E-state index is 11.4. The number of para-hydroxylation sites is 1. The Morgan fingerprint density at radius 2 is 2.04 bits per heavy atom. The molecule has 7 nitrogen and oxygen atoms in total. The van der Waals surface area contributed by atoms with E-state index >= 15 is 0 Å². The van der Waals surface area contributed by atoms with Crippen LogP contribution >= 0.6 is 0 Å². The summed E-state index contributed by atoms with van der Waals surface area (Å²) in [5.41, 5.74) is 0.854. The molecular weight excluding hydrogens is 334 g/mol. The average Bonchev–Trinajstić information content (AvgIpc) is 2.62. The van der Waals surface area contributed by atoms with Crippen LogP contribution in [0, 0.1) is 0 Å². The first kappa shape index (κ1) is 19.4. The number of rotatable bonds is 9. The molecular formula is C19H23N3O4. The van der Waals surface area contributed by atoms with Gasteiger partial charge in [0.05, 0.1) is 6.20 Å². The van der Waals surface area contributed by atoms with E-state index in [1.807, 2.05) is 24.3 Å². The summed E-state index contributed by atoms with van der Waals surface area (Å²) in [5, 5.41) is 12.1. The number of hydrogen-bond acceptors (Lipinski definition) is 5. The molecule has 2 rings (SSSR count). The number of carboxylic acid groups (broad SMARTS) is 1. The number of aliphatic carboxylic acids is 1. The number of amides is 1. The molecule has 2 aromatic rings. The fourth-order valence-electron chi connectivity index (χ4n) is 2.43.